The van der Waals surface area contributed by atoms with Crippen LogP contribution in [0.4, 0.5) is 11.9 Å². The highest BCUT2D eigenvalue weighted by Gasteiger charge is 2.43. The molecule has 0 bridgehead atoms. The first-order valence-corrected chi connectivity index (χ1v) is 17.8. The Balaban J connectivity index is 1.27. The van der Waals surface area contributed by atoms with Crippen molar-refractivity contribution in [1.29, 1.82) is 0 Å². The van der Waals surface area contributed by atoms with E-state index in [1.807, 2.05) is 13.8 Å². The minimum Gasteiger partial charge on any atom is -0.366 e. The third kappa shape index (κ3) is 7.16. The zero-order valence-corrected chi connectivity index (χ0v) is 31.3. The molecule has 0 spiro atoms. The SMILES string of the molecule is CCn1nc(C)cc1C(=O)Nc1nc2cc(C(N)=O)ccc2n1CC1OC(C)(C)O[C@@H]1Cn1c(NC(=O)c2cc(C)nn2CC)nc2cc(C(N)=O)ccc21. The van der Waals surface area contributed by atoms with E-state index in [-0.39, 0.29) is 36.1 Å². The summed E-state index contributed by atoms with van der Waals surface area (Å²) in [4.78, 5) is 60.9. The van der Waals surface area contributed by atoms with Crippen LogP contribution in [0.25, 0.3) is 22.1 Å². The van der Waals surface area contributed by atoms with Gasteiger partial charge in [-0.2, -0.15) is 10.2 Å². The monoisotopic (exact) mass is 750 g/mol. The highest BCUT2D eigenvalue weighted by molar-refractivity contribution is 6.04. The number of ether oxygens (including phenoxy) is 2. The van der Waals surface area contributed by atoms with Gasteiger partial charge >= 0.3 is 0 Å². The van der Waals surface area contributed by atoms with E-state index in [1.165, 1.54) is 0 Å². The van der Waals surface area contributed by atoms with Gasteiger partial charge in [0.05, 0.1) is 46.5 Å². The van der Waals surface area contributed by atoms with E-state index in [9.17, 15) is 19.2 Å². The Bertz CT molecular complexity index is 2340. The quantitative estimate of drug-likeness (QED) is 0.142. The fourth-order valence-electron chi connectivity index (χ4n) is 6.97. The van der Waals surface area contributed by atoms with Crippen LogP contribution in [-0.4, -0.2) is 80.3 Å². The van der Waals surface area contributed by atoms with Crippen LogP contribution in [0.2, 0.25) is 0 Å². The maximum Gasteiger partial charge on any atom is 0.276 e. The van der Waals surface area contributed by atoms with Gasteiger partial charge < -0.3 is 30.1 Å². The van der Waals surface area contributed by atoms with E-state index in [0.29, 0.717) is 57.9 Å². The molecule has 1 aliphatic heterocycles. The smallest absolute Gasteiger partial charge is 0.276 e. The van der Waals surface area contributed by atoms with Crippen molar-refractivity contribution in [3.05, 3.63) is 82.4 Å². The predicted molar refractivity (Wildman–Crippen MR) is 202 cm³/mol. The van der Waals surface area contributed by atoms with Gasteiger partial charge in [-0.1, -0.05) is 0 Å². The van der Waals surface area contributed by atoms with Gasteiger partial charge in [0.2, 0.25) is 23.7 Å². The highest BCUT2D eigenvalue weighted by Crippen LogP contribution is 2.34. The van der Waals surface area contributed by atoms with Crippen LogP contribution in [0.3, 0.4) is 0 Å². The minimum absolute atomic E-state index is 0.150. The number of amides is 4. The van der Waals surface area contributed by atoms with Gasteiger partial charge in [-0.3, -0.25) is 39.2 Å². The maximum absolute atomic E-state index is 13.7. The Hall–Kier alpha value is -6.40. The molecule has 2 aromatic carbocycles. The molecular formula is C37H42N12O6. The van der Waals surface area contributed by atoms with Crippen molar-refractivity contribution in [3.8, 4) is 0 Å². The van der Waals surface area contributed by atoms with Crippen LogP contribution in [0, 0.1) is 13.8 Å². The van der Waals surface area contributed by atoms with Crippen molar-refractivity contribution in [1.82, 2.24) is 38.7 Å². The summed E-state index contributed by atoms with van der Waals surface area (Å²) >= 11 is 0. The fourth-order valence-corrected chi connectivity index (χ4v) is 6.97. The Morgan fingerprint density at radius 2 is 1.09 bits per heavy atom. The third-order valence-corrected chi connectivity index (χ3v) is 9.39. The Morgan fingerprint density at radius 1 is 0.691 bits per heavy atom. The number of hydrogen-bond donors (Lipinski definition) is 4. The number of benzene rings is 2. The lowest BCUT2D eigenvalue weighted by Gasteiger charge is -2.21. The van der Waals surface area contributed by atoms with Gasteiger partial charge in [-0.15, -0.1) is 0 Å². The number of carbonyl (C=O) groups is 4. The molecule has 6 N–H and O–H groups in total. The second-order valence-corrected chi connectivity index (χ2v) is 13.8. The van der Waals surface area contributed by atoms with Crippen molar-refractivity contribution in [3.63, 3.8) is 0 Å². The van der Waals surface area contributed by atoms with Crippen LogP contribution in [-0.2, 0) is 35.7 Å². The molecule has 7 rings (SSSR count). The molecule has 1 fully saturated rings. The predicted octanol–water partition coefficient (Wildman–Crippen LogP) is 3.36. The van der Waals surface area contributed by atoms with E-state index < -0.39 is 41.6 Å². The number of aromatic nitrogens is 8. The molecule has 0 aliphatic carbocycles. The van der Waals surface area contributed by atoms with Crippen molar-refractivity contribution < 1.29 is 28.7 Å². The highest BCUT2D eigenvalue weighted by atomic mass is 16.8. The van der Waals surface area contributed by atoms with Gasteiger partial charge in [0, 0.05) is 24.2 Å². The van der Waals surface area contributed by atoms with Crippen LogP contribution in [0.1, 0.15) is 80.8 Å². The molecule has 4 amide bonds. The number of aryl methyl sites for hydroxylation is 4. The van der Waals surface area contributed by atoms with E-state index in [1.54, 1.807) is 94.7 Å². The summed E-state index contributed by atoms with van der Waals surface area (Å²) in [5.74, 6) is -2.71. The number of rotatable bonds is 12. The average molecular weight is 751 g/mol. The van der Waals surface area contributed by atoms with Gasteiger partial charge in [0.25, 0.3) is 11.8 Å². The van der Waals surface area contributed by atoms with Gasteiger partial charge in [0.15, 0.2) is 5.79 Å². The molecule has 286 valence electrons. The molecular weight excluding hydrogens is 708 g/mol. The van der Waals surface area contributed by atoms with Gasteiger partial charge in [0.1, 0.15) is 23.6 Å². The fraction of sp³-hybridized carbons (Fsp3) is 0.351. The molecule has 18 heteroatoms. The molecule has 1 unspecified atom stereocenters. The van der Waals surface area contributed by atoms with Crippen molar-refractivity contribution in [2.75, 3.05) is 10.6 Å². The minimum atomic E-state index is -1.04. The number of nitrogens with two attached hydrogens (primary N) is 2. The molecule has 55 heavy (non-hydrogen) atoms. The van der Waals surface area contributed by atoms with E-state index in [2.05, 4.69) is 20.8 Å². The molecule has 0 saturated carbocycles. The Kier molecular flexibility index (Phi) is 9.47. The summed E-state index contributed by atoms with van der Waals surface area (Å²) in [6, 6.07) is 13.1. The molecule has 6 aromatic rings. The van der Waals surface area contributed by atoms with E-state index >= 15 is 0 Å². The summed E-state index contributed by atoms with van der Waals surface area (Å²) in [7, 11) is 0. The molecule has 1 aliphatic rings. The molecule has 18 nitrogen and oxygen atoms in total. The van der Waals surface area contributed by atoms with Crippen LogP contribution >= 0.6 is 0 Å². The summed E-state index contributed by atoms with van der Waals surface area (Å²) in [6.07, 6.45) is -1.28. The van der Waals surface area contributed by atoms with Gasteiger partial charge in [-0.05, 0) is 90.1 Å². The Labute approximate surface area is 314 Å². The second-order valence-electron chi connectivity index (χ2n) is 13.8. The molecule has 2 atom stereocenters. The molecule has 1 saturated heterocycles. The van der Waals surface area contributed by atoms with Crippen LogP contribution < -0.4 is 22.1 Å². The van der Waals surface area contributed by atoms with E-state index in [0.717, 1.165) is 0 Å². The van der Waals surface area contributed by atoms with Gasteiger partial charge in [-0.25, -0.2) is 9.97 Å². The molecule has 0 radical (unpaired) electrons. The summed E-state index contributed by atoms with van der Waals surface area (Å²) in [5.41, 5.74) is 15.8. The first-order valence-electron chi connectivity index (χ1n) is 17.8. The number of nitrogens with one attached hydrogen (secondary N) is 2. The topological polar surface area (TPSA) is 234 Å². The summed E-state index contributed by atoms with van der Waals surface area (Å²) in [6.45, 7) is 12.2. The largest absolute Gasteiger partial charge is 0.366 e. The summed E-state index contributed by atoms with van der Waals surface area (Å²) < 4.78 is 19.8. The number of nitrogens with zero attached hydrogens (tertiary/aromatic N) is 8. The van der Waals surface area contributed by atoms with Crippen molar-refractivity contribution in [2.24, 2.45) is 11.5 Å². The molecule has 4 aromatic heterocycles. The lowest BCUT2D eigenvalue weighted by molar-refractivity contribution is -0.148. The number of hydrogen-bond acceptors (Lipinski definition) is 10. The Morgan fingerprint density at radius 3 is 1.45 bits per heavy atom. The summed E-state index contributed by atoms with van der Waals surface area (Å²) in [5, 5.41) is 14.7. The average Bonchev–Trinajstić information content (AvgIpc) is 3.93. The standard InChI is InChI=1S/C37H42N12O6/c1-7-48-27(13-19(3)44-48)33(52)42-35-40-23-15-21(31(38)50)9-11-25(23)46(35)17-29-30(55-37(5,6)54-29)18-47-26-12-10-22(32(39)51)16-24(26)41-36(47)43-34(53)28-14-20(4)45-49(28)8-2/h9-16,29-30H,7-8,17-18H2,1-6H3,(H2,38,50)(H2,39,51)(H,40,42,52)(H,41,43,53)/t29-,30?/m1/s1. The van der Waals surface area contributed by atoms with Crippen LogP contribution in [0.5, 0.6) is 0 Å². The lowest BCUT2D eigenvalue weighted by atomic mass is 10.1. The number of imidazole rings is 2. The zero-order chi connectivity index (χ0) is 39.3. The van der Waals surface area contributed by atoms with Crippen molar-refractivity contribution >= 4 is 57.6 Å². The number of fused-ring (bicyclic) bond motifs is 2. The van der Waals surface area contributed by atoms with Crippen molar-refractivity contribution in [2.45, 2.75) is 85.7 Å². The molecule has 5 heterocycles. The number of carbonyl (C=O) groups excluding carboxylic acids is 4. The van der Waals surface area contributed by atoms with E-state index in [4.69, 9.17) is 30.9 Å². The normalized spacial score (nSPS) is 16.5. The third-order valence-electron chi connectivity index (χ3n) is 9.39. The van der Waals surface area contributed by atoms with Crippen LogP contribution in [0.15, 0.2) is 48.5 Å². The first kappa shape index (κ1) is 36.9. The number of anilines is 2. The second kappa shape index (κ2) is 14.1. The maximum atomic E-state index is 13.7. The number of primary amides is 2. The first-order chi connectivity index (χ1) is 26.1. The zero-order valence-electron chi connectivity index (χ0n) is 31.3. The lowest BCUT2D eigenvalue weighted by Crippen LogP contribution is -2.33.